The number of alkyl halides is 6. The summed E-state index contributed by atoms with van der Waals surface area (Å²) in [4.78, 5) is 47.4. The molecule has 15 heteroatoms. The molecule has 3 aliphatic heterocycles. The molecule has 1 aliphatic carbocycles. The molecule has 3 fully saturated rings. The fraction of sp³-hybridized carbons (Fsp3) is 0.583. The van der Waals surface area contributed by atoms with Crippen LogP contribution in [-0.4, -0.2) is 102 Å². The smallest absolute Gasteiger partial charge is 0.416 e. The maximum absolute atomic E-state index is 13.9. The number of anilines is 1. The van der Waals surface area contributed by atoms with E-state index in [1.54, 1.807) is 4.90 Å². The van der Waals surface area contributed by atoms with Gasteiger partial charge < -0.3 is 24.8 Å². The van der Waals surface area contributed by atoms with Crippen LogP contribution in [0.5, 0.6) is 0 Å². The predicted molar refractivity (Wildman–Crippen MR) is 176 cm³/mol. The lowest BCUT2D eigenvalue weighted by Gasteiger charge is -2.41. The molecule has 4 amide bonds. The third-order valence-corrected chi connectivity index (χ3v) is 10.6. The number of hydrogen-bond acceptors (Lipinski definition) is 5. The second kappa shape index (κ2) is 15.3. The minimum atomic E-state index is -5.07. The number of ether oxygens (including phenoxy) is 1. The summed E-state index contributed by atoms with van der Waals surface area (Å²) < 4.78 is 87.8. The van der Waals surface area contributed by atoms with Gasteiger partial charge in [0.25, 0.3) is 5.91 Å². The monoisotopic (exact) mass is 723 g/mol. The van der Waals surface area contributed by atoms with Gasteiger partial charge in [-0.15, -0.1) is 0 Å². The van der Waals surface area contributed by atoms with Crippen LogP contribution in [0.3, 0.4) is 0 Å². The number of amides is 4. The van der Waals surface area contributed by atoms with Gasteiger partial charge in [-0.1, -0.05) is 37.5 Å². The summed E-state index contributed by atoms with van der Waals surface area (Å²) in [5.41, 5.74) is -1.66. The molecular weight excluding hydrogens is 680 g/mol. The number of piperazine rings is 1. The van der Waals surface area contributed by atoms with Crippen molar-refractivity contribution in [1.29, 1.82) is 0 Å². The van der Waals surface area contributed by atoms with Crippen molar-refractivity contribution in [3.05, 3.63) is 64.7 Å². The van der Waals surface area contributed by atoms with Crippen LogP contribution in [0, 0.1) is 0 Å². The Morgan fingerprint density at radius 1 is 0.765 bits per heavy atom. The fourth-order valence-corrected chi connectivity index (χ4v) is 7.78. The van der Waals surface area contributed by atoms with Crippen molar-refractivity contribution in [2.24, 2.45) is 0 Å². The van der Waals surface area contributed by atoms with Crippen LogP contribution in [0.25, 0.3) is 0 Å². The Bertz CT molecular complexity index is 1530. The van der Waals surface area contributed by atoms with E-state index in [0.717, 1.165) is 36.9 Å². The second-order valence-electron chi connectivity index (χ2n) is 13.9. The molecule has 0 unspecified atom stereocenters. The van der Waals surface area contributed by atoms with E-state index in [1.807, 2.05) is 24.3 Å². The van der Waals surface area contributed by atoms with Gasteiger partial charge in [-0.2, -0.15) is 26.3 Å². The Balaban J connectivity index is 1.15. The average molecular weight is 724 g/mol. The molecule has 2 saturated heterocycles. The van der Waals surface area contributed by atoms with Gasteiger partial charge in [0.15, 0.2) is 6.10 Å². The number of hydrogen-bond donors (Lipinski definition) is 1. The molecule has 2 aromatic carbocycles. The molecule has 9 nitrogen and oxygen atoms in total. The highest BCUT2D eigenvalue weighted by molar-refractivity contribution is 5.91. The summed E-state index contributed by atoms with van der Waals surface area (Å²) in [6.45, 7) is 2.59. The van der Waals surface area contributed by atoms with Crippen molar-refractivity contribution >= 4 is 23.7 Å². The van der Waals surface area contributed by atoms with E-state index in [0.29, 0.717) is 70.2 Å². The van der Waals surface area contributed by atoms with Crippen LogP contribution in [-0.2, 0) is 34.7 Å². The molecule has 1 atom stereocenters. The first-order valence-corrected chi connectivity index (χ1v) is 17.7. The minimum Gasteiger partial charge on any atom is -0.436 e. The SMILES string of the molecule is O=C(O[C@H](Cc1cc(C(F)(F)F)cc(C(F)(F)F)c1)C(=O)N1CCN(C2CCCCC2)CC1)N1CCC(N2CCc3ccccc3NC2=O)CC1. The summed E-state index contributed by atoms with van der Waals surface area (Å²) in [6, 6.07) is 8.71. The second-order valence-corrected chi connectivity index (χ2v) is 13.9. The molecule has 0 bridgehead atoms. The number of nitrogens with one attached hydrogen (secondary N) is 1. The van der Waals surface area contributed by atoms with Gasteiger partial charge in [-0.3, -0.25) is 9.69 Å². The predicted octanol–water partition coefficient (Wildman–Crippen LogP) is 6.80. The minimum absolute atomic E-state index is 0.0320. The van der Waals surface area contributed by atoms with Crippen LogP contribution in [0.4, 0.5) is 41.6 Å². The number of para-hydroxylation sites is 1. The number of rotatable bonds is 6. The highest BCUT2D eigenvalue weighted by Crippen LogP contribution is 2.37. The van der Waals surface area contributed by atoms with E-state index >= 15 is 0 Å². The third-order valence-electron chi connectivity index (χ3n) is 10.6. The highest BCUT2D eigenvalue weighted by atomic mass is 19.4. The Labute approximate surface area is 292 Å². The number of carbonyl (C=O) groups is 3. The van der Waals surface area contributed by atoms with Crippen LogP contribution in [0.2, 0.25) is 0 Å². The first-order chi connectivity index (χ1) is 24.3. The molecule has 0 aromatic heterocycles. The summed E-state index contributed by atoms with van der Waals surface area (Å²) in [6.07, 6.45) is -6.24. The Morgan fingerprint density at radius 3 is 2.02 bits per heavy atom. The van der Waals surface area contributed by atoms with E-state index in [-0.39, 0.29) is 31.2 Å². The van der Waals surface area contributed by atoms with Crippen LogP contribution in [0.1, 0.15) is 67.2 Å². The number of urea groups is 1. The molecule has 0 spiro atoms. The van der Waals surface area contributed by atoms with Crippen LogP contribution in [0.15, 0.2) is 42.5 Å². The summed E-state index contributed by atoms with van der Waals surface area (Å²) >= 11 is 0. The number of nitrogens with zero attached hydrogens (tertiary/aromatic N) is 4. The first-order valence-electron chi connectivity index (χ1n) is 17.7. The maximum atomic E-state index is 13.9. The summed E-state index contributed by atoms with van der Waals surface area (Å²) in [5, 5.41) is 2.94. The van der Waals surface area contributed by atoms with Gasteiger partial charge in [0, 0.05) is 70.0 Å². The normalized spacial score (nSPS) is 20.7. The summed E-state index contributed by atoms with van der Waals surface area (Å²) in [7, 11) is 0. The van der Waals surface area contributed by atoms with E-state index in [4.69, 9.17) is 4.74 Å². The molecule has 1 N–H and O–H groups in total. The molecule has 6 rings (SSSR count). The number of likely N-dealkylation sites (tertiary alicyclic amines) is 1. The molecule has 3 heterocycles. The highest BCUT2D eigenvalue weighted by Gasteiger charge is 2.39. The largest absolute Gasteiger partial charge is 0.436 e. The summed E-state index contributed by atoms with van der Waals surface area (Å²) in [5.74, 6) is -0.659. The quantitative estimate of drug-likeness (QED) is 0.332. The number of carbonyl (C=O) groups excluding carboxylic acids is 3. The fourth-order valence-electron chi connectivity index (χ4n) is 7.78. The number of fused-ring (bicyclic) bond motifs is 1. The molecule has 4 aliphatic rings. The van der Waals surface area contributed by atoms with Gasteiger partial charge in [0.1, 0.15) is 0 Å². The number of piperidine rings is 1. The third kappa shape index (κ3) is 8.90. The lowest BCUT2D eigenvalue weighted by Crippen LogP contribution is -2.55. The molecule has 278 valence electrons. The van der Waals surface area contributed by atoms with Crippen molar-refractivity contribution in [3.8, 4) is 0 Å². The zero-order valence-corrected chi connectivity index (χ0v) is 28.3. The Hall–Kier alpha value is -4.01. The average Bonchev–Trinajstić information content (AvgIpc) is 3.28. The molecule has 1 saturated carbocycles. The topological polar surface area (TPSA) is 85.4 Å². The molecule has 51 heavy (non-hydrogen) atoms. The lowest BCUT2D eigenvalue weighted by molar-refractivity contribution is -0.143. The van der Waals surface area contributed by atoms with Crippen molar-refractivity contribution in [1.82, 2.24) is 19.6 Å². The van der Waals surface area contributed by atoms with E-state index in [9.17, 15) is 40.7 Å². The van der Waals surface area contributed by atoms with E-state index < -0.39 is 53.6 Å². The first kappa shape index (κ1) is 36.8. The van der Waals surface area contributed by atoms with Gasteiger partial charge >= 0.3 is 24.5 Å². The molecule has 0 radical (unpaired) electrons. The lowest BCUT2D eigenvalue weighted by atomic mass is 9.94. The van der Waals surface area contributed by atoms with E-state index in [1.165, 1.54) is 16.2 Å². The molecule has 2 aromatic rings. The van der Waals surface area contributed by atoms with Crippen molar-refractivity contribution in [3.63, 3.8) is 0 Å². The van der Waals surface area contributed by atoms with E-state index in [2.05, 4.69) is 10.2 Å². The molecular formula is C36H43F6N5O4. The van der Waals surface area contributed by atoms with Crippen molar-refractivity contribution in [2.75, 3.05) is 51.1 Å². The van der Waals surface area contributed by atoms with Crippen molar-refractivity contribution in [2.45, 2.75) is 88.3 Å². The number of halogens is 6. The zero-order chi connectivity index (χ0) is 36.3. The van der Waals surface area contributed by atoms with Gasteiger partial charge in [-0.05, 0) is 67.5 Å². The zero-order valence-electron chi connectivity index (χ0n) is 28.3. The van der Waals surface area contributed by atoms with Gasteiger partial charge in [-0.25, -0.2) is 9.59 Å². The standard InChI is InChI=1S/C36H43F6N5O4/c37-35(38,39)26-20-24(21-27(23-26)36(40,41)42)22-31(32(48)45-18-16-44(17-19-45)28-7-2-1-3-8-28)51-34(50)46-13-11-29(12-14-46)47-15-10-25-6-4-5-9-30(25)43-33(47)49/h4-6,9,20-21,23,28-29,31H,1-3,7-8,10-19,22H2,(H,43,49)/t31-/m1/s1. The van der Waals surface area contributed by atoms with Gasteiger partial charge in [0.2, 0.25) is 0 Å². The van der Waals surface area contributed by atoms with Crippen LogP contribution < -0.4 is 5.32 Å². The van der Waals surface area contributed by atoms with Gasteiger partial charge in [0.05, 0.1) is 11.1 Å². The maximum Gasteiger partial charge on any atom is 0.416 e. The van der Waals surface area contributed by atoms with Crippen molar-refractivity contribution < 1.29 is 45.5 Å². The Morgan fingerprint density at radius 2 is 1.39 bits per heavy atom. The van der Waals surface area contributed by atoms with Crippen LogP contribution >= 0.6 is 0 Å². The Kier molecular flexibility index (Phi) is 11.0. The number of benzene rings is 2.